The monoisotopic (exact) mass is 446 g/mol. The summed E-state index contributed by atoms with van der Waals surface area (Å²) in [6.07, 6.45) is 2.54. The van der Waals surface area contributed by atoms with Crippen molar-refractivity contribution in [2.75, 3.05) is 11.9 Å². The fourth-order valence-corrected chi connectivity index (χ4v) is 4.47. The van der Waals surface area contributed by atoms with Crippen LogP contribution in [0.5, 0.6) is 0 Å². The number of carbonyl (C=O) groups is 1. The molecular formula is C22H22N8O3. The second kappa shape index (κ2) is 7.84. The van der Waals surface area contributed by atoms with Gasteiger partial charge in [0.05, 0.1) is 12.2 Å². The number of rotatable bonds is 5. The van der Waals surface area contributed by atoms with E-state index in [-0.39, 0.29) is 30.2 Å². The molecular weight excluding hydrogens is 424 g/mol. The third-order valence-electron chi connectivity index (χ3n) is 6.16. The van der Waals surface area contributed by atoms with E-state index in [4.69, 9.17) is 8.83 Å². The number of benzene rings is 1. The first-order valence-electron chi connectivity index (χ1n) is 10.9. The summed E-state index contributed by atoms with van der Waals surface area (Å²) >= 11 is 0. The van der Waals surface area contributed by atoms with Gasteiger partial charge in [0.1, 0.15) is 17.9 Å². The molecule has 33 heavy (non-hydrogen) atoms. The molecule has 11 nitrogen and oxygen atoms in total. The number of hydrogen-bond acceptors (Lipinski definition) is 9. The predicted octanol–water partition coefficient (Wildman–Crippen LogP) is 1.86. The number of aromatic amines is 1. The number of carbonyl (C=O) groups excluding carboxylic acids is 1. The van der Waals surface area contributed by atoms with Gasteiger partial charge >= 0.3 is 0 Å². The number of nitrogens with one attached hydrogen (secondary N) is 2. The first-order valence-corrected chi connectivity index (χ1v) is 10.9. The van der Waals surface area contributed by atoms with Crippen LogP contribution in [0.2, 0.25) is 0 Å². The zero-order valence-corrected chi connectivity index (χ0v) is 18.0. The number of aromatic nitrogens is 6. The van der Waals surface area contributed by atoms with E-state index in [0.29, 0.717) is 37.0 Å². The first kappa shape index (κ1) is 19.6. The normalized spacial score (nSPS) is 15.5. The second-order valence-electron chi connectivity index (χ2n) is 8.40. The minimum absolute atomic E-state index is 0.0164. The van der Waals surface area contributed by atoms with Crippen molar-refractivity contribution in [3.05, 3.63) is 58.4 Å². The summed E-state index contributed by atoms with van der Waals surface area (Å²) in [5.41, 5.74) is 4.87. The van der Waals surface area contributed by atoms with Gasteiger partial charge in [-0.2, -0.15) is 20.4 Å². The lowest BCUT2D eigenvalue weighted by molar-refractivity contribution is -0.131. The van der Waals surface area contributed by atoms with Crippen molar-refractivity contribution in [1.82, 2.24) is 35.5 Å². The van der Waals surface area contributed by atoms with Gasteiger partial charge in [0.25, 0.3) is 11.9 Å². The summed E-state index contributed by atoms with van der Waals surface area (Å²) in [5.74, 6) is 0.950. The lowest BCUT2D eigenvalue weighted by atomic mass is 10.1. The number of H-pyrrole nitrogens is 1. The van der Waals surface area contributed by atoms with Crippen molar-refractivity contribution in [2.24, 2.45) is 0 Å². The standard InChI is InChI=1S/C22H22N8O3/c1-12-20(24-22(32-12)23-15-8-13-4-2-3-5-14(13)9-15)21-28-27-18(33-21)10-19(31)30-7-6-16-17(11-30)26-29-25-16/h2-5,15H,6-11H2,1H3,(H,23,24)(H,25,26,29). The Bertz CT molecular complexity index is 1300. The molecule has 2 N–H and O–H groups in total. The Labute approximate surface area is 188 Å². The Kier molecular flexibility index (Phi) is 4.67. The topological polar surface area (TPSA) is 139 Å². The van der Waals surface area contributed by atoms with E-state index in [1.165, 1.54) is 11.1 Å². The number of amides is 1. The van der Waals surface area contributed by atoms with E-state index in [2.05, 4.69) is 60.2 Å². The smallest absolute Gasteiger partial charge is 0.295 e. The molecule has 3 aromatic heterocycles. The molecule has 0 unspecified atom stereocenters. The number of aryl methyl sites for hydroxylation is 1. The van der Waals surface area contributed by atoms with Gasteiger partial charge in [0, 0.05) is 19.0 Å². The Balaban J connectivity index is 1.11. The highest BCUT2D eigenvalue weighted by Crippen LogP contribution is 2.28. The van der Waals surface area contributed by atoms with Crippen molar-refractivity contribution in [3.63, 3.8) is 0 Å². The lowest BCUT2D eigenvalue weighted by Crippen LogP contribution is -2.37. The summed E-state index contributed by atoms with van der Waals surface area (Å²) in [7, 11) is 0. The fraction of sp³-hybridized carbons (Fsp3) is 0.364. The summed E-state index contributed by atoms with van der Waals surface area (Å²) in [4.78, 5) is 18.9. The summed E-state index contributed by atoms with van der Waals surface area (Å²) < 4.78 is 11.5. The fourth-order valence-electron chi connectivity index (χ4n) is 4.47. The van der Waals surface area contributed by atoms with E-state index >= 15 is 0 Å². The molecule has 0 saturated heterocycles. The molecule has 168 valence electrons. The van der Waals surface area contributed by atoms with Gasteiger partial charge < -0.3 is 19.1 Å². The van der Waals surface area contributed by atoms with Crippen LogP contribution >= 0.6 is 0 Å². The average molecular weight is 446 g/mol. The van der Waals surface area contributed by atoms with Crippen LogP contribution in [-0.4, -0.2) is 54.0 Å². The molecule has 0 radical (unpaired) electrons. The second-order valence-corrected chi connectivity index (χ2v) is 8.40. The van der Waals surface area contributed by atoms with Gasteiger partial charge in [-0.3, -0.25) is 4.79 Å². The summed E-state index contributed by atoms with van der Waals surface area (Å²) in [6.45, 7) is 2.81. The lowest BCUT2D eigenvalue weighted by Gasteiger charge is -2.24. The van der Waals surface area contributed by atoms with E-state index in [1.807, 2.05) is 0 Å². The zero-order valence-electron chi connectivity index (χ0n) is 18.0. The SMILES string of the molecule is Cc1oc(NC2Cc3ccccc3C2)nc1-c1nnc(CC(=O)N2CCc3n[nH]nc3C2)o1. The maximum Gasteiger partial charge on any atom is 0.295 e. The first-order chi connectivity index (χ1) is 16.1. The van der Waals surface area contributed by atoms with Gasteiger partial charge in [0.15, 0.2) is 5.69 Å². The molecule has 11 heteroatoms. The average Bonchev–Trinajstić information content (AvgIpc) is 3.59. The van der Waals surface area contributed by atoms with Crippen LogP contribution < -0.4 is 5.32 Å². The number of anilines is 1. The number of hydrogen-bond donors (Lipinski definition) is 2. The van der Waals surface area contributed by atoms with E-state index in [0.717, 1.165) is 24.2 Å². The maximum atomic E-state index is 12.7. The van der Waals surface area contributed by atoms with Crippen molar-refractivity contribution < 1.29 is 13.6 Å². The molecule has 1 aliphatic carbocycles. The quantitative estimate of drug-likeness (QED) is 0.470. The number of oxazole rings is 1. The van der Waals surface area contributed by atoms with Gasteiger partial charge in [0.2, 0.25) is 11.8 Å². The van der Waals surface area contributed by atoms with E-state index in [1.54, 1.807) is 11.8 Å². The minimum atomic E-state index is -0.0983. The molecule has 1 amide bonds. The number of nitrogens with zero attached hydrogens (tertiary/aromatic N) is 6. The van der Waals surface area contributed by atoms with Crippen molar-refractivity contribution in [2.45, 2.75) is 45.2 Å². The Morgan fingerprint density at radius 1 is 1.15 bits per heavy atom. The van der Waals surface area contributed by atoms with Crippen LogP contribution in [0.15, 0.2) is 33.1 Å². The van der Waals surface area contributed by atoms with Gasteiger partial charge in [-0.15, -0.1) is 10.2 Å². The molecule has 0 bridgehead atoms. The third kappa shape index (κ3) is 3.75. The number of fused-ring (bicyclic) bond motifs is 2. The molecule has 0 atom stereocenters. The van der Waals surface area contributed by atoms with Gasteiger partial charge in [-0.05, 0) is 30.9 Å². The van der Waals surface area contributed by atoms with E-state index in [9.17, 15) is 4.79 Å². The Hall–Kier alpha value is -4.02. The molecule has 0 fully saturated rings. The van der Waals surface area contributed by atoms with Crippen molar-refractivity contribution in [3.8, 4) is 11.6 Å². The summed E-state index contributed by atoms with van der Waals surface area (Å²) in [5, 5.41) is 22.3. The van der Waals surface area contributed by atoms with Crippen LogP contribution in [0.1, 0.15) is 34.2 Å². The Morgan fingerprint density at radius 3 is 2.76 bits per heavy atom. The van der Waals surface area contributed by atoms with E-state index < -0.39 is 0 Å². The van der Waals surface area contributed by atoms with Gasteiger partial charge in [-0.1, -0.05) is 24.3 Å². The molecule has 4 aromatic rings. The highest BCUT2D eigenvalue weighted by molar-refractivity contribution is 5.78. The maximum absolute atomic E-state index is 12.7. The highest BCUT2D eigenvalue weighted by Gasteiger charge is 2.27. The molecule has 1 aromatic carbocycles. The Morgan fingerprint density at radius 2 is 1.94 bits per heavy atom. The minimum Gasteiger partial charge on any atom is -0.428 e. The molecule has 2 aliphatic rings. The van der Waals surface area contributed by atoms with Crippen LogP contribution in [0.25, 0.3) is 11.6 Å². The van der Waals surface area contributed by atoms with Crippen LogP contribution in [-0.2, 0) is 37.0 Å². The van der Waals surface area contributed by atoms with Crippen molar-refractivity contribution >= 4 is 11.9 Å². The largest absolute Gasteiger partial charge is 0.428 e. The molecule has 6 rings (SSSR count). The molecule has 0 spiro atoms. The van der Waals surface area contributed by atoms with Crippen LogP contribution in [0, 0.1) is 6.92 Å². The zero-order chi connectivity index (χ0) is 22.4. The molecule has 1 aliphatic heterocycles. The predicted molar refractivity (Wildman–Crippen MR) is 115 cm³/mol. The molecule has 0 saturated carbocycles. The molecule has 4 heterocycles. The van der Waals surface area contributed by atoms with Crippen molar-refractivity contribution in [1.29, 1.82) is 0 Å². The van der Waals surface area contributed by atoms with Crippen LogP contribution in [0.4, 0.5) is 6.01 Å². The third-order valence-corrected chi connectivity index (χ3v) is 6.16. The summed E-state index contributed by atoms with van der Waals surface area (Å²) in [6, 6.07) is 9.07. The highest BCUT2D eigenvalue weighted by atomic mass is 16.4. The van der Waals surface area contributed by atoms with Gasteiger partial charge in [-0.25, -0.2) is 0 Å². The van der Waals surface area contributed by atoms with Crippen LogP contribution in [0.3, 0.4) is 0 Å².